The highest BCUT2D eigenvalue weighted by Gasteiger charge is 2.36. The lowest BCUT2D eigenvalue weighted by atomic mass is 9.98. The van der Waals surface area contributed by atoms with Gasteiger partial charge in [-0.15, -0.1) is 0 Å². The van der Waals surface area contributed by atoms with Gasteiger partial charge in [-0.2, -0.15) is 0 Å². The Morgan fingerprint density at radius 3 is 2.25 bits per heavy atom. The van der Waals surface area contributed by atoms with Gasteiger partial charge in [0, 0.05) is 19.5 Å². The lowest BCUT2D eigenvalue weighted by Crippen LogP contribution is -2.53. The maximum absolute atomic E-state index is 14.3. The topological polar surface area (TPSA) is 177 Å². The van der Waals surface area contributed by atoms with Gasteiger partial charge in [-0.25, -0.2) is 4.79 Å². The van der Waals surface area contributed by atoms with Crippen molar-refractivity contribution in [1.29, 1.82) is 0 Å². The Labute approximate surface area is 261 Å². The summed E-state index contributed by atoms with van der Waals surface area (Å²) in [6.45, 7) is 10.9. The number of phenols is 1. The minimum atomic E-state index is -1.22. The van der Waals surface area contributed by atoms with Crippen molar-refractivity contribution in [2.75, 3.05) is 19.7 Å². The van der Waals surface area contributed by atoms with E-state index in [1.165, 1.54) is 11.0 Å². The monoisotopic (exact) mass is 620 g/mol. The van der Waals surface area contributed by atoms with Gasteiger partial charge in [-0.05, 0) is 70.7 Å². The van der Waals surface area contributed by atoms with E-state index in [4.69, 9.17) is 15.2 Å². The minimum Gasteiger partial charge on any atom is -0.508 e. The van der Waals surface area contributed by atoms with Gasteiger partial charge in [-0.3, -0.25) is 19.2 Å². The molecule has 0 bridgehead atoms. The number of benzene rings is 1. The average molecular weight is 621 g/mol. The van der Waals surface area contributed by atoms with Crippen LogP contribution in [0.25, 0.3) is 0 Å². The van der Waals surface area contributed by atoms with E-state index in [1.807, 2.05) is 0 Å². The first-order valence-corrected chi connectivity index (χ1v) is 15.5. The molecule has 2 unspecified atom stereocenters. The molecule has 1 aromatic carbocycles. The Bertz CT molecular complexity index is 1100. The van der Waals surface area contributed by atoms with E-state index in [9.17, 15) is 29.1 Å². The number of aromatic hydroxyl groups is 1. The molecule has 4 amide bonds. The number of nitrogens with zero attached hydrogens (tertiary/aromatic N) is 1. The van der Waals surface area contributed by atoms with Crippen LogP contribution >= 0.6 is 0 Å². The minimum absolute atomic E-state index is 0.0223. The lowest BCUT2D eigenvalue weighted by Gasteiger charge is -2.34. The van der Waals surface area contributed by atoms with Crippen LogP contribution in [-0.4, -0.2) is 71.1 Å². The third kappa shape index (κ3) is 14.6. The number of nitrogens with two attached hydrogens (primary N) is 1. The Kier molecular flexibility index (Phi) is 16.9. The highest BCUT2D eigenvalue weighted by atomic mass is 16.6. The molecule has 2 atom stereocenters. The number of phenolic OH excluding ortho intramolecular Hbond substituents is 1. The average Bonchev–Trinajstić information content (AvgIpc) is 2.92. The molecule has 12 heteroatoms. The van der Waals surface area contributed by atoms with Crippen molar-refractivity contribution in [1.82, 2.24) is 15.5 Å². The Balaban J connectivity index is 3.51. The number of aryl methyl sites for hydroxylation is 1. The number of esters is 1. The fraction of sp³-hybridized carbons (Fsp3) is 0.656. The van der Waals surface area contributed by atoms with Crippen LogP contribution in [0.3, 0.4) is 0 Å². The van der Waals surface area contributed by atoms with Crippen LogP contribution in [0.15, 0.2) is 18.2 Å². The molecule has 44 heavy (non-hydrogen) atoms. The highest BCUT2D eigenvalue weighted by Crippen LogP contribution is 2.28. The summed E-state index contributed by atoms with van der Waals surface area (Å²) in [6.07, 6.45) is 4.34. The first-order valence-electron chi connectivity index (χ1n) is 15.5. The van der Waals surface area contributed by atoms with Crippen molar-refractivity contribution in [3.8, 4) is 5.75 Å². The Morgan fingerprint density at radius 2 is 1.66 bits per heavy atom. The van der Waals surface area contributed by atoms with Crippen molar-refractivity contribution in [3.63, 3.8) is 0 Å². The van der Waals surface area contributed by atoms with E-state index in [-0.39, 0.29) is 44.7 Å². The number of hydrogen-bond acceptors (Lipinski definition) is 8. The second-order valence-electron chi connectivity index (χ2n) is 11.8. The summed E-state index contributed by atoms with van der Waals surface area (Å²) in [6, 6.07) is 2.23. The van der Waals surface area contributed by atoms with Gasteiger partial charge in [0.1, 0.15) is 23.4 Å². The quantitative estimate of drug-likeness (QED) is 0.132. The van der Waals surface area contributed by atoms with Gasteiger partial charge in [0.2, 0.25) is 17.7 Å². The zero-order valence-electron chi connectivity index (χ0n) is 27.2. The van der Waals surface area contributed by atoms with Crippen LogP contribution in [0, 0.1) is 6.92 Å². The molecule has 0 radical (unpaired) electrons. The van der Waals surface area contributed by atoms with E-state index in [1.54, 1.807) is 46.8 Å². The summed E-state index contributed by atoms with van der Waals surface area (Å²) in [5.41, 5.74) is 5.47. The first kappa shape index (κ1) is 38.2. The van der Waals surface area contributed by atoms with Crippen molar-refractivity contribution < 1.29 is 38.6 Å². The van der Waals surface area contributed by atoms with Gasteiger partial charge in [0.15, 0.2) is 0 Å². The van der Waals surface area contributed by atoms with Crippen LogP contribution in [0.1, 0.15) is 110 Å². The zero-order valence-corrected chi connectivity index (χ0v) is 27.2. The second kappa shape index (κ2) is 19.4. The largest absolute Gasteiger partial charge is 0.508 e. The molecule has 5 N–H and O–H groups in total. The fourth-order valence-electron chi connectivity index (χ4n) is 4.56. The van der Waals surface area contributed by atoms with Crippen LogP contribution in [0.5, 0.6) is 5.75 Å². The van der Waals surface area contributed by atoms with Gasteiger partial charge in [0.05, 0.1) is 13.0 Å². The van der Waals surface area contributed by atoms with Crippen molar-refractivity contribution in [3.05, 3.63) is 29.3 Å². The summed E-state index contributed by atoms with van der Waals surface area (Å²) >= 11 is 0. The molecule has 0 aliphatic heterocycles. The summed E-state index contributed by atoms with van der Waals surface area (Å²) in [4.78, 5) is 65.8. The number of unbranched alkanes of at least 4 members (excludes halogenated alkanes) is 5. The van der Waals surface area contributed by atoms with Crippen molar-refractivity contribution >= 4 is 29.8 Å². The number of ether oxygens (including phenoxy) is 2. The molecule has 1 rings (SSSR count). The van der Waals surface area contributed by atoms with Gasteiger partial charge in [0.25, 0.3) is 0 Å². The molecule has 1 aromatic rings. The molecule has 0 aliphatic carbocycles. The predicted octanol–water partition coefficient (Wildman–Crippen LogP) is 4.16. The summed E-state index contributed by atoms with van der Waals surface area (Å²) in [5.74, 6) is -2.25. The van der Waals surface area contributed by atoms with Crippen LogP contribution in [-0.2, 0) is 28.7 Å². The predicted molar refractivity (Wildman–Crippen MR) is 167 cm³/mol. The normalized spacial score (nSPS) is 12.5. The number of amides is 4. The molecule has 0 saturated heterocycles. The SMILES string of the molecule is CCCCCCCCN(C(=O)C(CCC(N)=O)NC(=O)OC(C)(C)C)C(C(=O)NCCC(=O)OCC)c1ccc(O)c(C)c1. The van der Waals surface area contributed by atoms with Crippen LogP contribution < -0.4 is 16.4 Å². The fourth-order valence-corrected chi connectivity index (χ4v) is 4.56. The molecule has 248 valence electrons. The van der Waals surface area contributed by atoms with Gasteiger partial charge < -0.3 is 35.8 Å². The molecular weight excluding hydrogens is 568 g/mol. The number of carbonyl (C=O) groups is 5. The summed E-state index contributed by atoms with van der Waals surface area (Å²) in [7, 11) is 0. The molecular formula is C32H52N4O8. The zero-order chi connectivity index (χ0) is 33.3. The van der Waals surface area contributed by atoms with E-state index in [2.05, 4.69) is 17.6 Å². The first-order chi connectivity index (χ1) is 20.7. The standard InChI is InChI=1S/C32H52N4O8/c1-7-9-10-11-12-13-20-36(30(41)24(15-17-26(33)38)35-31(42)44-32(4,5)6)28(23-14-16-25(37)22(3)21-23)29(40)34-19-18-27(39)43-8-2/h14,16,21,24,28,37H,7-13,15,17-20H2,1-6H3,(H2,33,38)(H,34,40)(H,35,42). The van der Waals surface area contributed by atoms with Gasteiger partial charge >= 0.3 is 12.1 Å². The summed E-state index contributed by atoms with van der Waals surface area (Å²) < 4.78 is 10.3. The third-order valence-electron chi connectivity index (χ3n) is 6.73. The molecule has 12 nitrogen and oxygen atoms in total. The third-order valence-corrected chi connectivity index (χ3v) is 6.73. The van der Waals surface area contributed by atoms with E-state index < -0.39 is 47.5 Å². The van der Waals surface area contributed by atoms with Crippen LogP contribution in [0.2, 0.25) is 0 Å². The molecule has 0 fully saturated rings. The molecule has 0 spiro atoms. The Hall–Kier alpha value is -3.83. The number of rotatable bonds is 19. The highest BCUT2D eigenvalue weighted by molar-refractivity contribution is 5.92. The lowest BCUT2D eigenvalue weighted by molar-refractivity contribution is -0.144. The number of nitrogens with one attached hydrogen (secondary N) is 2. The van der Waals surface area contributed by atoms with Crippen LogP contribution in [0.4, 0.5) is 4.79 Å². The van der Waals surface area contributed by atoms with E-state index in [0.717, 1.165) is 32.1 Å². The number of primary amides is 1. The van der Waals surface area contributed by atoms with E-state index in [0.29, 0.717) is 17.5 Å². The molecule has 0 saturated carbocycles. The Morgan fingerprint density at radius 1 is 1.00 bits per heavy atom. The van der Waals surface area contributed by atoms with Gasteiger partial charge in [-0.1, -0.05) is 45.1 Å². The van der Waals surface area contributed by atoms with E-state index >= 15 is 0 Å². The van der Waals surface area contributed by atoms with Crippen molar-refractivity contribution in [2.24, 2.45) is 5.73 Å². The molecule has 0 aromatic heterocycles. The molecule has 0 aliphatic rings. The smallest absolute Gasteiger partial charge is 0.408 e. The number of hydrogen-bond donors (Lipinski definition) is 4. The number of carbonyl (C=O) groups excluding carboxylic acids is 5. The van der Waals surface area contributed by atoms with Crippen molar-refractivity contribution in [2.45, 2.75) is 117 Å². The maximum Gasteiger partial charge on any atom is 0.408 e. The maximum atomic E-state index is 14.3. The summed E-state index contributed by atoms with van der Waals surface area (Å²) in [5, 5.41) is 15.5. The number of alkyl carbamates (subject to hydrolysis) is 1. The second-order valence-corrected chi connectivity index (χ2v) is 11.8. The molecule has 0 heterocycles.